The smallest absolute Gasteiger partial charge is 0.328 e. The predicted octanol–water partition coefficient (Wildman–Crippen LogP) is 3.07. The molecule has 0 spiro atoms. The summed E-state index contributed by atoms with van der Waals surface area (Å²) in [6, 6.07) is 11.5. The van der Waals surface area contributed by atoms with Crippen LogP contribution in [0.15, 0.2) is 48.0 Å². The van der Waals surface area contributed by atoms with Crippen molar-refractivity contribution in [1.29, 1.82) is 0 Å². The molecular weight excluding hydrogens is 384 g/mol. The molecular formula is C20H17ClN2O5. The van der Waals surface area contributed by atoms with Crippen LogP contribution in [-0.4, -0.2) is 24.5 Å². The molecule has 1 aliphatic rings. The van der Waals surface area contributed by atoms with Crippen LogP contribution in [0.4, 0.5) is 4.79 Å². The molecule has 1 saturated heterocycles. The zero-order valence-electron chi connectivity index (χ0n) is 15.0. The Labute approximate surface area is 166 Å². The van der Waals surface area contributed by atoms with Gasteiger partial charge in [0.05, 0.1) is 6.61 Å². The number of benzene rings is 2. The first-order valence-corrected chi connectivity index (χ1v) is 8.87. The van der Waals surface area contributed by atoms with E-state index < -0.39 is 17.8 Å². The highest BCUT2D eigenvalue weighted by molar-refractivity contribution is 6.31. The van der Waals surface area contributed by atoms with Crippen LogP contribution in [0, 0.1) is 0 Å². The number of nitrogens with one attached hydrogen (secondary N) is 2. The van der Waals surface area contributed by atoms with E-state index in [1.165, 1.54) is 6.08 Å². The lowest BCUT2D eigenvalue weighted by molar-refractivity contribution is -0.123. The van der Waals surface area contributed by atoms with Gasteiger partial charge < -0.3 is 9.47 Å². The van der Waals surface area contributed by atoms with E-state index in [-0.39, 0.29) is 12.2 Å². The Hall–Kier alpha value is -3.32. The molecule has 0 aromatic heterocycles. The summed E-state index contributed by atoms with van der Waals surface area (Å²) in [5, 5.41) is 4.66. The number of urea groups is 1. The average molecular weight is 401 g/mol. The maximum Gasteiger partial charge on any atom is 0.328 e. The normalized spacial score (nSPS) is 13.6. The first-order valence-electron chi connectivity index (χ1n) is 8.49. The zero-order valence-corrected chi connectivity index (χ0v) is 15.7. The van der Waals surface area contributed by atoms with Crippen LogP contribution in [0.2, 0.25) is 5.02 Å². The number of amides is 4. The lowest BCUT2D eigenvalue weighted by Gasteiger charge is -2.15. The first-order chi connectivity index (χ1) is 13.5. The van der Waals surface area contributed by atoms with Gasteiger partial charge in [0, 0.05) is 10.6 Å². The summed E-state index contributed by atoms with van der Waals surface area (Å²) in [5.74, 6) is -0.565. The average Bonchev–Trinajstić information content (AvgIpc) is 2.65. The predicted molar refractivity (Wildman–Crippen MR) is 103 cm³/mol. The molecule has 0 bridgehead atoms. The minimum absolute atomic E-state index is 0.174. The van der Waals surface area contributed by atoms with Gasteiger partial charge >= 0.3 is 6.03 Å². The molecule has 0 saturated carbocycles. The Bertz CT molecular complexity index is 949. The maximum atomic E-state index is 11.9. The van der Waals surface area contributed by atoms with Gasteiger partial charge in [0.2, 0.25) is 0 Å². The van der Waals surface area contributed by atoms with Crippen LogP contribution < -0.4 is 20.1 Å². The lowest BCUT2D eigenvalue weighted by Crippen LogP contribution is -2.51. The fraction of sp³-hybridized carbons (Fsp3) is 0.150. The standard InChI is InChI=1S/C20H17ClN2O5/c1-2-27-17-10-12(9-14-18(24)22-20(26)23-19(14)25)7-8-16(17)28-11-13-5-3-4-6-15(13)21/h3-10H,2,11H2,1H3,(H2,22,23,24,25,26). The van der Waals surface area contributed by atoms with E-state index in [2.05, 4.69) is 0 Å². The van der Waals surface area contributed by atoms with Gasteiger partial charge in [-0.1, -0.05) is 35.9 Å². The molecule has 0 unspecified atom stereocenters. The molecule has 4 amide bonds. The van der Waals surface area contributed by atoms with Gasteiger partial charge in [-0.2, -0.15) is 0 Å². The van der Waals surface area contributed by atoms with Crippen molar-refractivity contribution >= 4 is 35.5 Å². The summed E-state index contributed by atoms with van der Waals surface area (Å²) in [7, 11) is 0. The van der Waals surface area contributed by atoms with E-state index in [1.807, 2.05) is 35.8 Å². The van der Waals surface area contributed by atoms with E-state index in [9.17, 15) is 14.4 Å². The summed E-state index contributed by atoms with van der Waals surface area (Å²) in [6.07, 6.45) is 1.37. The summed E-state index contributed by atoms with van der Waals surface area (Å²) < 4.78 is 11.4. The number of imide groups is 2. The van der Waals surface area contributed by atoms with Crippen molar-refractivity contribution in [2.75, 3.05) is 6.61 Å². The number of carbonyl (C=O) groups is 3. The van der Waals surface area contributed by atoms with Crippen molar-refractivity contribution in [3.05, 3.63) is 64.2 Å². The summed E-state index contributed by atoms with van der Waals surface area (Å²) in [6.45, 7) is 2.49. The van der Waals surface area contributed by atoms with Gasteiger partial charge in [0.1, 0.15) is 12.2 Å². The van der Waals surface area contributed by atoms with Crippen LogP contribution in [0.5, 0.6) is 11.5 Å². The third-order valence-corrected chi connectivity index (χ3v) is 4.23. The van der Waals surface area contributed by atoms with Crippen LogP contribution in [0.25, 0.3) is 6.08 Å². The van der Waals surface area contributed by atoms with E-state index in [4.69, 9.17) is 21.1 Å². The number of hydrogen-bond donors (Lipinski definition) is 2. The number of hydrogen-bond acceptors (Lipinski definition) is 5. The minimum Gasteiger partial charge on any atom is -0.490 e. The molecule has 1 heterocycles. The quantitative estimate of drug-likeness (QED) is 0.574. The highest BCUT2D eigenvalue weighted by Crippen LogP contribution is 2.31. The van der Waals surface area contributed by atoms with Crippen LogP contribution in [-0.2, 0) is 16.2 Å². The molecule has 144 valence electrons. The minimum atomic E-state index is -0.842. The third kappa shape index (κ3) is 4.50. The van der Waals surface area contributed by atoms with Crippen molar-refractivity contribution in [3.63, 3.8) is 0 Å². The Morgan fingerprint density at radius 1 is 0.964 bits per heavy atom. The fourth-order valence-electron chi connectivity index (χ4n) is 2.55. The van der Waals surface area contributed by atoms with Crippen LogP contribution in [0.3, 0.4) is 0 Å². The monoisotopic (exact) mass is 400 g/mol. The van der Waals surface area contributed by atoms with E-state index >= 15 is 0 Å². The summed E-state index contributed by atoms with van der Waals surface area (Å²) >= 11 is 6.14. The van der Waals surface area contributed by atoms with Crippen LogP contribution in [0.1, 0.15) is 18.1 Å². The Morgan fingerprint density at radius 3 is 2.36 bits per heavy atom. The molecule has 2 N–H and O–H groups in total. The number of ether oxygens (including phenoxy) is 2. The molecule has 7 nitrogen and oxygen atoms in total. The molecule has 1 aliphatic heterocycles. The second kappa shape index (κ2) is 8.58. The molecule has 0 radical (unpaired) electrons. The summed E-state index contributed by atoms with van der Waals surface area (Å²) in [5.41, 5.74) is 1.20. The molecule has 8 heteroatoms. The van der Waals surface area contributed by atoms with Crippen molar-refractivity contribution in [3.8, 4) is 11.5 Å². The topological polar surface area (TPSA) is 93.7 Å². The van der Waals surface area contributed by atoms with Gasteiger partial charge in [0.25, 0.3) is 11.8 Å². The van der Waals surface area contributed by atoms with Gasteiger partial charge in [0.15, 0.2) is 11.5 Å². The van der Waals surface area contributed by atoms with E-state index in [0.29, 0.717) is 28.7 Å². The highest BCUT2D eigenvalue weighted by Gasteiger charge is 2.27. The molecule has 1 fully saturated rings. The maximum absolute atomic E-state index is 11.9. The summed E-state index contributed by atoms with van der Waals surface area (Å²) in [4.78, 5) is 34.9. The van der Waals surface area contributed by atoms with Crippen molar-refractivity contribution in [2.24, 2.45) is 0 Å². The second-order valence-electron chi connectivity index (χ2n) is 5.81. The first kappa shape index (κ1) is 19.4. The van der Waals surface area contributed by atoms with Crippen molar-refractivity contribution < 1.29 is 23.9 Å². The number of rotatable bonds is 6. The number of carbonyl (C=O) groups excluding carboxylic acids is 3. The van der Waals surface area contributed by atoms with Gasteiger partial charge in [-0.05, 0) is 36.8 Å². The Kier molecular flexibility index (Phi) is 5.96. The Morgan fingerprint density at radius 2 is 1.68 bits per heavy atom. The van der Waals surface area contributed by atoms with Gasteiger partial charge in [-0.25, -0.2) is 4.79 Å². The Balaban J connectivity index is 1.83. The zero-order chi connectivity index (χ0) is 20.1. The third-order valence-electron chi connectivity index (χ3n) is 3.86. The number of halogens is 1. The molecule has 2 aromatic rings. The highest BCUT2D eigenvalue weighted by atomic mass is 35.5. The molecule has 3 rings (SSSR count). The lowest BCUT2D eigenvalue weighted by atomic mass is 10.1. The largest absolute Gasteiger partial charge is 0.490 e. The second-order valence-corrected chi connectivity index (χ2v) is 6.22. The molecule has 0 atom stereocenters. The molecule has 0 aliphatic carbocycles. The van der Waals surface area contributed by atoms with E-state index in [1.54, 1.807) is 24.3 Å². The van der Waals surface area contributed by atoms with Gasteiger partial charge in [-0.3, -0.25) is 20.2 Å². The fourth-order valence-corrected chi connectivity index (χ4v) is 2.74. The van der Waals surface area contributed by atoms with Gasteiger partial charge in [-0.15, -0.1) is 0 Å². The number of barbiturate groups is 1. The molecule has 28 heavy (non-hydrogen) atoms. The van der Waals surface area contributed by atoms with E-state index in [0.717, 1.165) is 5.56 Å². The van der Waals surface area contributed by atoms with Crippen LogP contribution >= 0.6 is 11.6 Å². The van der Waals surface area contributed by atoms with Crippen molar-refractivity contribution in [2.45, 2.75) is 13.5 Å². The van der Waals surface area contributed by atoms with Crippen molar-refractivity contribution in [1.82, 2.24) is 10.6 Å². The SMILES string of the molecule is CCOc1cc(C=C2C(=O)NC(=O)NC2=O)ccc1OCc1ccccc1Cl. The molecule has 2 aromatic carbocycles.